The van der Waals surface area contributed by atoms with E-state index < -0.39 is 34.5 Å². The first-order chi connectivity index (χ1) is 10.7. The molecule has 120 valence electrons. The van der Waals surface area contributed by atoms with Crippen LogP contribution in [0.4, 0.5) is 18.9 Å². The zero-order valence-corrected chi connectivity index (χ0v) is 11.4. The first-order valence-electron chi connectivity index (χ1n) is 6.19. The maximum Gasteiger partial charge on any atom is 0.431 e. The highest BCUT2D eigenvalue weighted by atomic mass is 19.4. The zero-order valence-electron chi connectivity index (χ0n) is 11.4. The summed E-state index contributed by atoms with van der Waals surface area (Å²) in [5.74, 6) is -1.15. The smallest absolute Gasteiger partial charge is 0.365 e. The monoisotopic (exact) mass is 325 g/mol. The molecule has 0 saturated heterocycles. The van der Waals surface area contributed by atoms with Gasteiger partial charge in [-0.3, -0.25) is 14.4 Å². The minimum Gasteiger partial charge on any atom is -0.365 e. The summed E-state index contributed by atoms with van der Waals surface area (Å²) in [6.45, 7) is 0. The summed E-state index contributed by atoms with van der Waals surface area (Å²) >= 11 is 0. The Bertz CT molecular complexity index is 828. The van der Waals surface area contributed by atoms with Crippen LogP contribution in [0.15, 0.2) is 35.1 Å². The maximum absolute atomic E-state index is 13.1. The number of rotatable bonds is 4. The predicted molar refractivity (Wildman–Crippen MR) is 75.7 cm³/mol. The van der Waals surface area contributed by atoms with Crippen LogP contribution < -0.4 is 16.6 Å². The van der Waals surface area contributed by atoms with Gasteiger partial charge >= 0.3 is 6.18 Å². The molecule has 9 heteroatoms. The van der Waals surface area contributed by atoms with Crippen LogP contribution in [0.3, 0.4) is 0 Å². The number of halogens is 3. The van der Waals surface area contributed by atoms with Crippen LogP contribution >= 0.6 is 0 Å². The lowest BCUT2D eigenvalue weighted by atomic mass is 10.0. The summed E-state index contributed by atoms with van der Waals surface area (Å²) in [6, 6.07) is 6.26. The molecular formula is C14H10F3N3O3. The summed E-state index contributed by atoms with van der Waals surface area (Å²) in [7, 11) is 0. The Morgan fingerprint density at radius 2 is 1.96 bits per heavy atom. The second-order valence-corrected chi connectivity index (χ2v) is 4.51. The lowest BCUT2D eigenvalue weighted by molar-refractivity contribution is -0.140. The van der Waals surface area contributed by atoms with Crippen LogP contribution in [0, 0.1) is 0 Å². The third kappa shape index (κ3) is 3.39. The molecule has 0 bridgehead atoms. The molecule has 0 unspecified atom stereocenters. The molecular weight excluding hydrogens is 315 g/mol. The van der Waals surface area contributed by atoms with Crippen LogP contribution in [-0.4, -0.2) is 17.3 Å². The molecule has 0 aliphatic heterocycles. The van der Waals surface area contributed by atoms with Crippen molar-refractivity contribution in [1.29, 1.82) is 0 Å². The normalized spacial score (nSPS) is 11.1. The van der Waals surface area contributed by atoms with Crippen LogP contribution in [0.2, 0.25) is 0 Å². The molecule has 0 aliphatic carbocycles. The number of alkyl halides is 3. The number of amides is 2. The molecule has 1 heterocycles. The second kappa shape index (κ2) is 5.95. The van der Waals surface area contributed by atoms with Gasteiger partial charge in [-0.05, 0) is 23.8 Å². The Hall–Kier alpha value is -3.10. The van der Waals surface area contributed by atoms with E-state index in [0.29, 0.717) is 6.41 Å². The number of hydrogen-bond acceptors (Lipinski definition) is 3. The molecule has 0 spiro atoms. The largest absolute Gasteiger partial charge is 0.431 e. The fourth-order valence-electron chi connectivity index (χ4n) is 2.01. The molecule has 2 aromatic rings. The topological polar surface area (TPSA) is 105 Å². The third-order valence-electron chi connectivity index (χ3n) is 2.99. The van der Waals surface area contributed by atoms with E-state index in [4.69, 9.17) is 5.73 Å². The van der Waals surface area contributed by atoms with E-state index in [2.05, 4.69) is 5.32 Å². The second-order valence-electron chi connectivity index (χ2n) is 4.51. The summed E-state index contributed by atoms with van der Waals surface area (Å²) in [4.78, 5) is 34.8. The Morgan fingerprint density at radius 1 is 1.26 bits per heavy atom. The number of aromatic nitrogens is 1. The molecule has 0 saturated carbocycles. The molecule has 0 fully saturated rings. The Morgan fingerprint density at radius 3 is 2.52 bits per heavy atom. The van der Waals surface area contributed by atoms with Gasteiger partial charge in [-0.1, -0.05) is 12.1 Å². The van der Waals surface area contributed by atoms with Gasteiger partial charge in [0.1, 0.15) is 11.3 Å². The highest BCUT2D eigenvalue weighted by Gasteiger charge is 2.36. The lowest BCUT2D eigenvalue weighted by Crippen LogP contribution is -2.27. The number of H-pyrrole nitrogens is 1. The van der Waals surface area contributed by atoms with E-state index in [1.807, 2.05) is 0 Å². The molecule has 2 rings (SSSR count). The molecule has 0 atom stereocenters. The number of aromatic amines is 1. The van der Waals surface area contributed by atoms with Crippen molar-refractivity contribution in [2.24, 2.45) is 5.73 Å². The van der Waals surface area contributed by atoms with E-state index >= 15 is 0 Å². The van der Waals surface area contributed by atoms with Gasteiger partial charge in [0.15, 0.2) is 0 Å². The van der Waals surface area contributed by atoms with Crippen molar-refractivity contribution in [3.63, 3.8) is 0 Å². The molecule has 2 amide bonds. The minimum absolute atomic E-state index is 0.0444. The zero-order chi connectivity index (χ0) is 17.2. The molecule has 0 radical (unpaired) electrons. The van der Waals surface area contributed by atoms with E-state index in [-0.39, 0.29) is 11.3 Å². The van der Waals surface area contributed by atoms with Crippen molar-refractivity contribution >= 4 is 18.0 Å². The Labute approximate surface area is 127 Å². The first-order valence-corrected chi connectivity index (χ1v) is 6.19. The van der Waals surface area contributed by atoms with Crippen molar-refractivity contribution in [1.82, 2.24) is 4.98 Å². The van der Waals surface area contributed by atoms with Gasteiger partial charge in [-0.25, -0.2) is 0 Å². The number of carbonyl (C=O) groups is 2. The molecule has 4 N–H and O–H groups in total. The Balaban J connectivity index is 2.75. The van der Waals surface area contributed by atoms with Crippen molar-refractivity contribution in [3.8, 4) is 11.1 Å². The highest BCUT2D eigenvalue weighted by Crippen LogP contribution is 2.35. The quantitative estimate of drug-likeness (QED) is 0.745. The van der Waals surface area contributed by atoms with Gasteiger partial charge in [0.05, 0.1) is 0 Å². The average Bonchev–Trinajstić information content (AvgIpc) is 2.46. The maximum atomic E-state index is 13.1. The fourth-order valence-corrected chi connectivity index (χ4v) is 2.01. The van der Waals surface area contributed by atoms with Gasteiger partial charge in [-0.2, -0.15) is 13.2 Å². The Kier molecular flexibility index (Phi) is 4.21. The number of pyridine rings is 1. The number of anilines is 1. The molecule has 23 heavy (non-hydrogen) atoms. The average molecular weight is 325 g/mol. The van der Waals surface area contributed by atoms with Crippen LogP contribution in [0.25, 0.3) is 11.1 Å². The van der Waals surface area contributed by atoms with Crippen LogP contribution in [-0.2, 0) is 11.0 Å². The SMILES string of the molecule is NC(=O)c1cc(-c2cccc(NC=O)c2)c(C(F)(F)F)[nH]c1=O. The van der Waals surface area contributed by atoms with Crippen molar-refractivity contribution in [3.05, 3.63) is 51.9 Å². The van der Waals surface area contributed by atoms with Crippen LogP contribution in [0.5, 0.6) is 0 Å². The van der Waals surface area contributed by atoms with Gasteiger partial charge in [0.2, 0.25) is 6.41 Å². The molecule has 0 aliphatic rings. The van der Waals surface area contributed by atoms with Crippen molar-refractivity contribution in [2.75, 3.05) is 5.32 Å². The number of primary amides is 1. The number of nitrogens with one attached hydrogen (secondary N) is 2. The molecule has 1 aromatic heterocycles. The summed E-state index contributed by atoms with van der Waals surface area (Å²) in [6.07, 6.45) is -4.48. The van der Waals surface area contributed by atoms with Gasteiger partial charge in [0.25, 0.3) is 11.5 Å². The third-order valence-corrected chi connectivity index (χ3v) is 2.99. The van der Waals surface area contributed by atoms with E-state index in [1.54, 1.807) is 4.98 Å². The minimum atomic E-state index is -4.85. The summed E-state index contributed by atoms with van der Waals surface area (Å²) < 4.78 is 39.4. The highest BCUT2D eigenvalue weighted by molar-refractivity contribution is 5.94. The van der Waals surface area contributed by atoms with E-state index in [1.165, 1.54) is 24.3 Å². The predicted octanol–water partition coefficient (Wildman–Crippen LogP) is 1.73. The van der Waals surface area contributed by atoms with Gasteiger partial charge < -0.3 is 16.0 Å². The lowest BCUT2D eigenvalue weighted by Gasteiger charge is -2.14. The standard InChI is InChI=1S/C14H10F3N3O3/c15-14(16,17)11-9(5-10(12(18)22)13(23)20-11)7-2-1-3-8(4-7)19-6-21/h1-6H,(H2,18,22)(H,19,21)(H,20,23). The molecule has 6 nitrogen and oxygen atoms in total. The van der Waals surface area contributed by atoms with Crippen LogP contribution in [0.1, 0.15) is 16.1 Å². The van der Waals surface area contributed by atoms with Gasteiger partial charge in [-0.15, -0.1) is 0 Å². The summed E-state index contributed by atoms with van der Waals surface area (Å²) in [5.41, 5.74) is 1.73. The van der Waals surface area contributed by atoms with Gasteiger partial charge in [0, 0.05) is 11.3 Å². The van der Waals surface area contributed by atoms with E-state index in [0.717, 1.165) is 6.07 Å². The molecule has 1 aromatic carbocycles. The summed E-state index contributed by atoms with van der Waals surface area (Å²) in [5, 5.41) is 2.30. The first kappa shape index (κ1) is 16.3. The number of nitrogens with two attached hydrogens (primary N) is 1. The fraction of sp³-hybridized carbons (Fsp3) is 0.0714. The van der Waals surface area contributed by atoms with Crippen molar-refractivity contribution in [2.45, 2.75) is 6.18 Å². The number of hydrogen-bond donors (Lipinski definition) is 3. The number of benzene rings is 1. The van der Waals surface area contributed by atoms with Crippen molar-refractivity contribution < 1.29 is 22.8 Å². The number of carbonyl (C=O) groups excluding carboxylic acids is 2. The van der Waals surface area contributed by atoms with E-state index in [9.17, 15) is 27.6 Å².